The average molecular weight is 775 g/mol. The summed E-state index contributed by atoms with van der Waals surface area (Å²) < 4.78 is 92.9. The largest absolute Gasteiger partial charge is 1.00 e. The Morgan fingerprint density at radius 2 is 1.21 bits per heavy atom. The fourth-order valence-electron chi connectivity index (χ4n) is 4.70. The van der Waals surface area contributed by atoms with E-state index in [1.54, 1.807) is 0 Å². The molecule has 48 heavy (non-hydrogen) atoms. The van der Waals surface area contributed by atoms with Crippen LogP contribution in [-0.2, 0) is 50.5 Å². The Labute approximate surface area is 370 Å². The molecule has 0 saturated carbocycles. The summed E-state index contributed by atoms with van der Waals surface area (Å²) in [5.74, 6) is -1.89. The molecule has 2 heterocycles. The molecule has 2 aliphatic rings. The minimum Gasteiger partial charge on any atom is -1.00 e. The van der Waals surface area contributed by atoms with E-state index >= 15 is 0 Å². The van der Waals surface area contributed by atoms with Crippen LogP contribution in [0.2, 0.25) is 0 Å². The summed E-state index contributed by atoms with van der Waals surface area (Å²) in [5, 5.41) is 46.1. The van der Waals surface area contributed by atoms with Gasteiger partial charge in [0, 0.05) is 13.2 Å². The van der Waals surface area contributed by atoms with Crippen molar-refractivity contribution < 1.29 is 187 Å². The van der Waals surface area contributed by atoms with Crippen molar-refractivity contribution in [3.05, 3.63) is 35.9 Å². The van der Waals surface area contributed by atoms with E-state index < -0.39 is 80.9 Å². The molecule has 3 rings (SSSR count). The van der Waals surface area contributed by atoms with E-state index in [0.717, 1.165) is 5.56 Å². The molecular formula is C27H45KNa2O16S2. The smallest absolute Gasteiger partial charge is 1.00 e. The maximum Gasteiger partial charge on any atom is 1.00 e. The molecular weight excluding hydrogens is 729 g/mol. The first-order valence-electron chi connectivity index (χ1n) is 14.4. The summed E-state index contributed by atoms with van der Waals surface area (Å²) >= 11 is 0. The van der Waals surface area contributed by atoms with Crippen LogP contribution in [0.3, 0.4) is 0 Å². The Balaban J connectivity index is -0.000000831. The summed E-state index contributed by atoms with van der Waals surface area (Å²) in [4.78, 5) is 0. The van der Waals surface area contributed by atoms with Crippen LogP contribution in [0.1, 0.15) is 33.7 Å². The molecule has 16 nitrogen and oxygen atoms in total. The zero-order valence-corrected chi connectivity index (χ0v) is 36.8. The third kappa shape index (κ3) is 19.0. The number of rotatable bonds is 15. The molecule has 0 unspecified atom stereocenters. The summed E-state index contributed by atoms with van der Waals surface area (Å²) in [6.45, 7) is 4.23. The van der Waals surface area contributed by atoms with Crippen LogP contribution in [0, 0.1) is 11.8 Å². The van der Waals surface area contributed by atoms with Gasteiger partial charge in [-0.15, -0.1) is 0 Å². The van der Waals surface area contributed by atoms with E-state index in [9.17, 15) is 41.3 Å². The second-order valence-corrected chi connectivity index (χ2v) is 13.8. The molecule has 0 spiro atoms. The third-order valence-electron chi connectivity index (χ3n) is 7.37. The Morgan fingerprint density at radius 1 is 0.729 bits per heavy atom. The van der Waals surface area contributed by atoms with Crippen LogP contribution >= 0.6 is 0 Å². The van der Waals surface area contributed by atoms with E-state index in [1.165, 1.54) is 0 Å². The third-order valence-corrected chi connectivity index (χ3v) is 8.84. The number of aliphatic hydroxyl groups excluding tert-OH is 5. The Morgan fingerprint density at radius 3 is 1.71 bits per heavy atom. The fourth-order valence-corrected chi connectivity index (χ4v) is 6.17. The normalized spacial score (nSPS) is 30.4. The summed E-state index contributed by atoms with van der Waals surface area (Å²) in [7, 11) is -9.08. The summed E-state index contributed by atoms with van der Waals surface area (Å²) in [6, 6.07) is 9.67. The molecule has 21 heteroatoms. The van der Waals surface area contributed by atoms with E-state index in [2.05, 4.69) is 0 Å². The topological polar surface area (TPSA) is 262 Å². The van der Waals surface area contributed by atoms with Crippen molar-refractivity contribution in [3.8, 4) is 0 Å². The van der Waals surface area contributed by atoms with Crippen LogP contribution in [0.15, 0.2) is 30.3 Å². The Hall–Kier alpha value is 2.28. The molecule has 0 aliphatic carbocycles. The van der Waals surface area contributed by atoms with Crippen LogP contribution in [0.25, 0.3) is 0 Å². The Kier molecular flexibility index (Phi) is 28.5. The molecule has 5 N–H and O–H groups in total. The average Bonchev–Trinajstić information content (AvgIpc) is 2.96. The minimum absolute atomic E-state index is 0. The molecule has 2 aliphatic heterocycles. The van der Waals surface area contributed by atoms with Gasteiger partial charge in [-0.3, -0.25) is 0 Å². The second-order valence-electron chi connectivity index (χ2n) is 10.9. The fraction of sp³-hybridized carbons (Fsp3) is 0.778. The van der Waals surface area contributed by atoms with E-state index in [4.69, 9.17) is 33.9 Å². The van der Waals surface area contributed by atoms with E-state index in [-0.39, 0.29) is 157 Å². The molecule has 1 aromatic rings. The van der Waals surface area contributed by atoms with Gasteiger partial charge < -0.3 is 59.7 Å². The molecule has 2 fully saturated rings. The first-order chi connectivity index (χ1) is 21.1. The minimum atomic E-state index is -4.67. The van der Waals surface area contributed by atoms with Gasteiger partial charge in [0.25, 0.3) is 0 Å². The zero-order valence-electron chi connectivity index (χ0n) is 29.1. The van der Waals surface area contributed by atoms with Gasteiger partial charge in [-0.25, -0.2) is 16.8 Å². The number of benzene rings is 1. The maximum atomic E-state index is 11.2. The molecule has 0 bridgehead atoms. The molecule has 0 amide bonds. The van der Waals surface area contributed by atoms with Crippen molar-refractivity contribution >= 4 is 20.2 Å². The predicted molar refractivity (Wildman–Crippen MR) is 154 cm³/mol. The van der Waals surface area contributed by atoms with Gasteiger partial charge in [-0.2, -0.15) is 0 Å². The molecule has 0 aromatic heterocycles. The van der Waals surface area contributed by atoms with Crippen LogP contribution in [-0.4, -0.2) is 139 Å². The van der Waals surface area contributed by atoms with Crippen molar-refractivity contribution in [2.75, 3.05) is 37.9 Å². The van der Waals surface area contributed by atoms with Crippen LogP contribution < -0.4 is 110 Å². The first-order valence-corrected chi connectivity index (χ1v) is 17.6. The van der Waals surface area contributed by atoms with Gasteiger partial charge in [0.15, 0.2) is 12.6 Å². The predicted octanol–water partition coefficient (Wildman–Crippen LogP) is -10.6. The van der Waals surface area contributed by atoms with Crippen molar-refractivity contribution in [3.63, 3.8) is 0 Å². The monoisotopic (exact) mass is 774 g/mol. The molecule has 10 atom stereocenters. The van der Waals surface area contributed by atoms with Gasteiger partial charge >= 0.3 is 110 Å². The zero-order chi connectivity index (χ0) is 33.8. The molecule has 2 saturated heterocycles. The molecule has 1 aromatic carbocycles. The van der Waals surface area contributed by atoms with Crippen LogP contribution in [0.5, 0.6) is 0 Å². The van der Waals surface area contributed by atoms with Gasteiger partial charge in [0.1, 0.15) is 30.5 Å². The maximum absolute atomic E-state index is 11.2. The van der Waals surface area contributed by atoms with Crippen molar-refractivity contribution in [1.82, 2.24) is 0 Å². The summed E-state index contributed by atoms with van der Waals surface area (Å²) in [5.41, 5.74) is 1.01. The number of hydrogen-bond acceptors (Lipinski definition) is 16. The number of hydrogen-bond donors (Lipinski definition) is 5. The van der Waals surface area contributed by atoms with Gasteiger partial charge in [-0.1, -0.05) is 44.2 Å². The summed E-state index contributed by atoms with van der Waals surface area (Å²) in [6.07, 6.45) is -9.12. The second kappa shape index (κ2) is 26.1. The number of aliphatic hydroxyl groups is 5. The SMILES string of the molecule is C[C@H]1[C@H](C)[C@@H](CS(=O)(=O)[O-])O[C@H](OCCCO)[C@@H]1OCc1ccccc1.O=S(=O)([O-])C[C@H]1O[C@H](OCCCO)[C@H](O)[C@@H](O)[C@@H]1O.[H-].[K+].[Na+].[Na+]. The van der Waals surface area contributed by atoms with E-state index in [0.29, 0.717) is 13.0 Å². The van der Waals surface area contributed by atoms with Gasteiger partial charge in [0.05, 0.1) is 57.7 Å². The standard InChI is InChI=1S/C18H28O7S.C9H18O9S.K.2Na.H/c1-13-14(2)17(24-11-15-7-4-3-5-8-15)18(23-10-6-9-19)25-16(13)12-26(20,21)22;10-2-1-3-17-9-8(13)7(12)6(11)5(18-9)4-19(14,15)16;;;;/h3-5,7-8,13-14,16-19H,6,9-12H2,1-2H3,(H,20,21,22);5-13H,1-4H2,(H,14,15,16);;;;/q;;3*+1;-1/p-2/t13-,14-,16+,17+,18-;5-,6-,7+,8-,9+;;;;/m01..../s1. The quantitative estimate of drug-likeness (QED) is 0.0630. The van der Waals surface area contributed by atoms with Gasteiger partial charge in [0.2, 0.25) is 0 Å². The van der Waals surface area contributed by atoms with Crippen molar-refractivity contribution in [1.29, 1.82) is 0 Å². The van der Waals surface area contributed by atoms with Crippen LogP contribution in [0.4, 0.5) is 0 Å². The van der Waals surface area contributed by atoms with Crippen molar-refractivity contribution in [2.24, 2.45) is 11.8 Å². The first kappa shape index (κ1) is 52.4. The molecule has 264 valence electrons. The van der Waals surface area contributed by atoms with E-state index in [1.807, 2.05) is 44.2 Å². The number of ether oxygens (including phenoxy) is 5. The van der Waals surface area contributed by atoms with Gasteiger partial charge in [-0.05, 0) is 30.2 Å². The van der Waals surface area contributed by atoms with Crippen molar-refractivity contribution in [2.45, 2.75) is 82.5 Å². The Bertz CT molecular complexity index is 1210. The molecule has 0 radical (unpaired) electrons.